The number of piperazine rings is 1. The molecular weight excluding hydrogens is 389 g/mol. The van der Waals surface area contributed by atoms with Gasteiger partial charge in [0.2, 0.25) is 0 Å². The lowest BCUT2D eigenvalue weighted by atomic mass is 10.1. The zero-order chi connectivity index (χ0) is 20.2. The van der Waals surface area contributed by atoms with E-state index in [1.54, 1.807) is 35.6 Å². The highest BCUT2D eigenvalue weighted by atomic mass is 32.1. The normalized spacial score (nSPS) is 14.1. The number of rotatable bonds is 5. The molecule has 7 heteroatoms. The van der Waals surface area contributed by atoms with E-state index in [1.807, 2.05) is 29.3 Å². The monoisotopic (exact) mass is 411 g/mol. The van der Waals surface area contributed by atoms with E-state index in [-0.39, 0.29) is 11.7 Å². The number of aromatic nitrogens is 1. The summed E-state index contributed by atoms with van der Waals surface area (Å²) in [6, 6.07) is 13.7. The van der Waals surface area contributed by atoms with Crippen molar-refractivity contribution < 1.29 is 13.9 Å². The number of nitrogens with zero attached hydrogens (tertiary/aromatic N) is 3. The van der Waals surface area contributed by atoms with Crippen molar-refractivity contribution in [2.45, 2.75) is 13.5 Å². The summed E-state index contributed by atoms with van der Waals surface area (Å²) in [4.78, 5) is 21.2. The standard InChI is InChI=1S/C22H22FN3O2S/c1-16-24-19(15-29-16)14-28-21-8-2-17(3-9-21)22(27)26-12-10-25(11-13-26)20-6-4-18(23)5-7-20/h2-9,15H,10-14H2,1H3. The molecule has 0 spiro atoms. The van der Waals surface area contributed by atoms with Gasteiger partial charge in [-0.25, -0.2) is 9.37 Å². The van der Waals surface area contributed by atoms with E-state index in [4.69, 9.17) is 4.74 Å². The van der Waals surface area contributed by atoms with E-state index in [1.165, 1.54) is 12.1 Å². The molecule has 0 N–H and O–H groups in total. The second-order valence-corrected chi connectivity index (χ2v) is 7.99. The van der Waals surface area contributed by atoms with Crippen LogP contribution in [0.1, 0.15) is 21.1 Å². The van der Waals surface area contributed by atoms with Crippen LogP contribution in [0.2, 0.25) is 0 Å². The number of benzene rings is 2. The van der Waals surface area contributed by atoms with Gasteiger partial charge in [-0.2, -0.15) is 0 Å². The van der Waals surface area contributed by atoms with Gasteiger partial charge in [0, 0.05) is 42.8 Å². The number of thiazole rings is 1. The zero-order valence-electron chi connectivity index (χ0n) is 16.2. The van der Waals surface area contributed by atoms with E-state index in [2.05, 4.69) is 9.88 Å². The summed E-state index contributed by atoms with van der Waals surface area (Å²) < 4.78 is 18.8. The third-order valence-corrected chi connectivity index (χ3v) is 5.74. The highest BCUT2D eigenvalue weighted by Gasteiger charge is 2.22. The van der Waals surface area contributed by atoms with Crippen molar-refractivity contribution in [2.24, 2.45) is 0 Å². The average Bonchev–Trinajstić information content (AvgIpc) is 3.18. The van der Waals surface area contributed by atoms with Crippen molar-refractivity contribution in [3.05, 3.63) is 76.0 Å². The van der Waals surface area contributed by atoms with Gasteiger partial charge < -0.3 is 14.5 Å². The topological polar surface area (TPSA) is 45.7 Å². The molecular formula is C22H22FN3O2S. The number of hydrogen-bond acceptors (Lipinski definition) is 5. The van der Waals surface area contributed by atoms with E-state index in [9.17, 15) is 9.18 Å². The number of hydrogen-bond donors (Lipinski definition) is 0. The third-order valence-electron chi connectivity index (χ3n) is 4.91. The quantitative estimate of drug-likeness (QED) is 0.633. The van der Waals surface area contributed by atoms with Gasteiger partial charge in [0.15, 0.2) is 0 Å². The lowest BCUT2D eigenvalue weighted by molar-refractivity contribution is 0.0746. The number of ether oxygens (including phenoxy) is 1. The Morgan fingerprint density at radius 1 is 1.07 bits per heavy atom. The van der Waals surface area contributed by atoms with E-state index < -0.39 is 0 Å². The van der Waals surface area contributed by atoms with Crippen LogP contribution in [0.3, 0.4) is 0 Å². The third kappa shape index (κ3) is 4.74. The minimum Gasteiger partial charge on any atom is -0.487 e. The van der Waals surface area contributed by atoms with Crippen molar-refractivity contribution >= 4 is 22.9 Å². The molecule has 150 valence electrons. The first kappa shape index (κ1) is 19.4. The van der Waals surface area contributed by atoms with E-state index in [0.29, 0.717) is 31.0 Å². The Morgan fingerprint density at radius 2 is 1.76 bits per heavy atom. The summed E-state index contributed by atoms with van der Waals surface area (Å²) in [5, 5.41) is 3.00. The van der Waals surface area contributed by atoms with Gasteiger partial charge >= 0.3 is 0 Å². The first-order valence-corrected chi connectivity index (χ1v) is 10.4. The fourth-order valence-electron chi connectivity index (χ4n) is 3.33. The zero-order valence-corrected chi connectivity index (χ0v) is 17.0. The average molecular weight is 412 g/mol. The predicted molar refractivity (Wildman–Crippen MR) is 112 cm³/mol. The summed E-state index contributed by atoms with van der Waals surface area (Å²) in [5.74, 6) is 0.496. The number of carbonyl (C=O) groups excluding carboxylic acids is 1. The van der Waals surface area contributed by atoms with Gasteiger partial charge in [-0.1, -0.05) is 0 Å². The van der Waals surface area contributed by atoms with E-state index >= 15 is 0 Å². The highest BCUT2D eigenvalue weighted by Crippen LogP contribution is 2.20. The summed E-state index contributed by atoms with van der Waals surface area (Å²) >= 11 is 1.60. The molecule has 0 unspecified atom stereocenters. The molecule has 0 radical (unpaired) electrons. The number of anilines is 1. The Morgan fingerprint density at radius 3 is 2.38 bits per heavy atom. The SMILES string of the molecule is Cc1nc(COc2ccc(C(=O)N3CCN(c4ccc(F)cc4)CC3)cc2)cs1. The van der Waals surface area contributed by atoms with Gasteiger partial charge in [0.25, 0.3) is 5.91 Å². The van der Waals surface area contributed by atoms with Crippen LogP contribution in [-0.2, 0) is 6.61 Å². The Hall–Kier alpha value is -2.93. The lowest BCUT2D eigenvalue weighted by Gasteiger charge is -2.36. The molecule has 1 aliphatic rings. The molecule has 0 saturated carbocycles. The molecule has 1 aromatic heterocycles. The van der Waals surface area contributed by atoms with E-state index in [0.717, 1.165) is 29.5 Å². The summed E-state index contributed by atoms with van der Waals surface area (Å²) in [6.45, 7) is 5.11. The number of aryl methyl sites for hydroxylation is 1. The second-order valence-electron chi connectivity index (χ2n) is 6.93. The number of amides is 1. The molecule has 5 nitrogen and oxygen atoms in total. The van der Waals surface area contributed by atoms with Gasteiger partial charge in [-0.05, 0) is 55.5 Å². The number of halogens is 1. The largest absolute Gasteiger partial charge is 0.487 e. The molecule has 2 heterocycles. The predicted octanol–water partition coefficient (Wildman–Crippen LogP) is 4.13. The Balaban J connectivity index is 1.31. The molecule has 3 aromatic rings. The fourth-order valence-corrected chi connectivity index (χ4v) is 3.93. The van der Waals surface area contributed by atoms with Crippen molar-refractivity contribution in [1.29, 1.82) is 0 Å². The molecule has 1 saturated heterocycles. The van der Waals surface area contributed by atoms with Crippen LogP contribution in [0.15, 0.2) is 53.9 Å². The van der Waals surface area contributed by atoms with Crippen molar-refractivity contribution in [3.63, 3.8) is 0 Å². The van der Waals surface area contributed by atoms with Gasteiger partial charge in [-0.3, -0.25) is 4.79 Å². The Kier molecular flexibility index (Phi) is 5.76. The first-order valence-electron chi connectivity index (χ1n) is 9.52. The van der Waals surface area contributed by atoms with Gasteiger partial charge in [-0.15, -0.1) is 11.3 Å². The fraction of sp³-hybridized carbons (Fsp3) is 0.273. The smallest absolute Gasteiger partial charge is 0.253 e. The van der Waals surface area contributed by atoms with Crippen LogP contribution < -0.4 is 9.64 Å². The minimum atomic E-state index is -0.239. The van der Waals surface area contributed by atoms with Crippen molar-refractivity contribution in [2.75, 3.05) is 31.1 Å². The molecule has 0 atom stereocenters. The molecule has 1 amide bonds. The Bertz CT molecular complexity index is 964. The van der Waals surface area contributed by atoms with Crippen molar-refractivity contribution in [1.82, 2.24) is 9.88 Å². The number of carbonyl (C=O) groups is 1. The first-order chi connectivity index (χ1) is 14.1. The maximum absolute atomic E-state index is 13.1. The molecule has 29 heavy (non-hydrogen) atoms. The maximum Gasteiger partial charge on any atom is 0.253 e. The minimum absolute atomic E-state index is 0.0189. The highest BCUT2D eigenvalue weighted by molar-refractivity contribution is 7.09. The van der Waals surface area contributed by atoms with Crippen LogP contribution in [0.4, 0.5) is 10.1 Å². The van der Waals surface area contributed by atoms with Gasteiger partial charge in [0.05, 0.1) is 10.7 Å². The molecule has 1 aliphatic heterocycles. The van der Waals surface area contributed by atoms with Crippen LogP contribution in [0, 0.1) is 12.7 Å². The van der Waals surface area contributed by atoms with Crippen molar-refractivity contribution in [3.8, 4) is 5.75 Å². The summed E-state index contributed by atoms with van der Waals surface area (Å²) in [6.07, 6.45) is 0. The van der Waals surface area contributed by atoms with Crippen LogP contribution in [-0.4, -0.2) is 42.0 Å². The molecule has 2 aromatic carbocycles. The second kappa shape index (κ2) is 8.61. The summed E-state index contributed by atoms with van der Waals surface area (Å²) in [5.41, 5.74) is 2.54. The molecule has 4 rings (SSSR count). The maximum atomic E-state index is 13.1. The van der Waals surface area contributed by atoms with Crippen LogP contribution in [0.5, 0.6) is 5.75 Å². The lowest BCUT2D eigenvalue weighted by Crippen LogP contribution is -2.48. The van der Waals surface area contributed by atoms with Gasteiger partial charge in [0.1, 0.15) is 18.2 Å². The van der Waals surface area contributed by atoms with Crippen LogP contribution in [0.25, 0.3) is 0 Å². The molecule has 0 bridgehead atoms. The Labute approximate surface area is 173 Å². The summed E-state index contributed by atoms with van der Waals surface area (Å²) in [7, 11) is 0. The molecule has 0 aliphatic carbocycles. The van der Waals surface area contributed by atoms with Crippen LogP contribution >= 0.6 is 11.3 Å². The molecule has 1 fully saturated rings.